The van der Waals surface area contributed by atoms with E-state index in [0.717, 1.165) is 11.3 Å². The molecule has 4 rings (SSSR count). The van der Waals surface area contributed by atoms with Gasteiger partial charge in [-0.05, 0) is 61.0 Å². The summed E-state index contributed by atoms with van der Waals surface area (Å²) in [6, 6.07) is 22.0. The van der Waals surface area contributed by atoms with E-state index in [2.05, 4.69) is 0 Å². The van der Waals surface area contributed by atoms with Crippen LogP contribution in [0.15, 0.2) is 78.9 Å². The molecular weight excluding hydrogens is 397 g/mol. The number of aliphatic hydroxyl groups is 1. The highest BCUT2D eigenvalue weighted by atomic mass is 19.1. The maximum absolute atomic E-state index is 13.3. The molecule has 0 aromatic heterocycles. The molecule has 0 radical (unpaired) electrons. The predicted molar refractivity (Wildman–Crippen MR) is 116 cm³/mol. The van der Waals surface area contributed by atoms with Gasteiger partial charge in [0.25, 0.3) is 0 Å². The first-order valence-corrected chi connectivity index (χ1v) is 10.0. The van der Waals surface area contributed by atoms with E-state index in [0.29, 0.717) is 11.5 Å². The summed E-state index contributed by atoms with van der Waals surface area (Å²) in [5.41, 5.74) is 0.551. The third-order valence-corrected chi connectivity index (χ3v) is 5.89. The molecule has 0 aliphatic carbocycles. The second-order valence-corrected chi connectivity index (χ2v) is 7.75. The number of nitrogens with zero attached hydrogens (tertiary/aromatic N) is 1. The van der Waals surface area contributed by atoms with Crippen LogP contribution in [0.25, 0.3) is 0 Å². The van der Waals surface area contributed by atoms with Gasteiger partial charge in [0, 0.05) is 5.69 Å². The standard InChI is InChI=1S/C25H24FNO4/c1-25(22(28)16-31-21-14-10-18(26)11-15-21)23(17-8-12-20(30-2)13-9-17)27(24(25)29)19-6-4-3-5-7-19/h3-15,22-23,28H,16H2,1-2H3/t22-,23-,25+/m0/s1. The summed E-state index contributed by atoms with van der Waals surface area (Å²) >= 11 is 0. The summed E-state index contributed by atoms with van der Waals surface area (Å²) in [7, 11) is 1.60. The Labute approximate surface area is 180 Å². The zero-order chi connectivity index (χ0) is 22.0. The second kappa shape index (κ2) is 8.40. The second-order valence-electron chi connectivity index (χ2n) is 7.75. The van der Waals surface area contributed by atoms with Gasteiger partial charge in [-0.25, -0.2) is 4.39 Å². The Morgan fingerprint density at radius 1 is 1.00 bits per heavy atom. The molecule has 1 amide bonds. The number of ether oxygens (including phenoxy) is 2. The summed E-state index contributed by atoms with van der Waals surface area (Å²) < 4.78 is 24.0. The average Bonchev–Trinajstić information content (AvgIpc) is 2.81. The van der Waals surface area contributed by atoms with Crippen LogP contribution in [0.3, 0.4) is 0 Å². The van der Waals surface area contributed by atoms with Gasteiger partial charge in [0.15, 0.2) is 0 Å². The number of β-lactam (4-membered cyclic amide) rings is 1. The Balaban J connectivity index is 1.62. The van der Waals surface area contributed by atoms with Crippen LogP contribution >= 0.6 is 0 Å². The Hall–Kier alpha value is -3.38. The van der Waals surface area contributed by atoms with Gasteiger partial charge in [-0.3, -0.25) is 4.79 Å². The molecule has 0 spiro atoms. The molecule has 0 unspecified atom stereocenters. The molecule has 1 saturated heterocycles. The Kier molecular flexibility index (Phi) is 5.65. The molecule has 1 heterocycles. The van der Waals surface area contributed by atoms with E-state index in [1.165, 1.54) is 24.3 Å². The minimum Gasteiger partial charge on any atom is -0.497 e. The fourth-order valence-electron chi connectivity index (χ4n) is 4.04. The van der Waals surface area contributed by atoms with Crippen LogP contribution in [-0.4, -0.2) is 30.8 Å². The summed E-state index contributed by atoms with van der Waals surface area (Å²) in [5.74, 6) is 0.584. The minimum absolute atomic E-state index is 0.0941. The zero-order valence-electron chi connectivity index (χ0n) is 17.4. The van der Waals surface area contributed by atoms with Crippen molar-refractivity contribution in [3.8, 4) is 11.5 Å². The van der Waals surface area contributed by atoms with E-state index in [4.69, 9.17) is 9.47 Å². The van der Waals surface area contributed by atoms with Crippen molar-refractivity contribution in [2.45, 2.75) is 19.1 Å². The lowest BCUT2D eigenvalue weighted by atomic mass is 9.65. The molecule has 6 heteroatoms. The number of rotatable bonds is 7. The lowest BCUT2D eigenvalue weighted by molar-refractivity contribution is -0.151. The van der Waals surface area contributed by atoms with Crippen LogP contribution in [-0.2, 0) is 4.79 Å². The van der Waals surface area contributed by atoms with E-state index in [1.807, 2.05) is 54.6 Å². The van der Waals surface area contributed by atoms with Crippen LogP contribution in [0.4, 0.5) is 10.1 Å². The smallest absolute Gasteiger partial charge is 0.238 e. The molecule has 5 nitrogen and oxygen atoms in total. The number of carbonyl (C=O) groups is 1. The lowest BCUT2D eigenvalue weighted by Crippen LogP contribution is -2.68. The number of benzene rings is 3. The van der Waals surface area contributed by atoms with Gasteiger partial charge in [-0.15, -0.1) is 0 Å². The summed E-state index contributed by atoms with van der Waals surface area (Å²) in [4.78, 5) is 15.0. The quantitative estimate of drug-likeness (QED) is 0.576. The van der Waals surface area contributed by atoms with Crippen LogP contribution in [0.2, 0.25) is 0 Å². The molecule has 160 valence electrons. The molecule has 1 aliphatic heterocycles. The molecule has 1 fully saturated rings. The monoisotopic (exact) mass is 421 g/mol. The number of hydrogen-bond donors (Lipinski definition) is 1. The van der Waals surface area contributed by atoms with Crippen molar-refractivity contribution in [2.75, 3.05) is 18.6 Å². The summed E-state index contributed by atoms with van der Waals surface area (Å²) in [5, 5.41) is 11.0. The average molecular weight is 421 g/mol. The number of aliphatic hydroxyl groups excluding tert-OH is 1. The van der Waals surface area contributed by atoms with Gasteiger partial charge in [-0.2, -0.15) is 0 Å². The summed E-state index contributed by atoms with van der Waals surface area (Å²) in [6.07, 6.45) is -1.07. The fraction of sp³-hybridized carbons (Fsp3) is 0.240. The molecule has 3 atom stereocenters. The fourth-order valence-corrected chi connectivity index (χ4v) is 4.04. The number of hydrogen-bond acceptors (Lipinski definition) is 4. The number of para-hydroxylation sites is 1. The highest BCUT2D eigenvalue weighted by Crippen LogP contribution is 2.54. The van der Waals surface area contributed by atoms with Crippen LogP contribution < -0.4 is 14.4 Å². The number of amides is 1. The molecule has 31 heavy (non-hydrogen) atoms. The first-order chi connectivity index (χ1) is 14.9. The third kappa shape index (κ3) is 3.75. The van der Waals surface area contributed by atoms with Crippen molar-refractivity contribution in [3.05, 3.63) is 90.2 Å². The topological polar surface area (TPSA) is 59.0 Å². The third-order valence-electron chi connectivity index (χ3n) is 5.89. The van der Waals surface area contributed by atoms with Gasteiger partial charge in [-0.1, -0.05) is 30.3 Å². The lowest BCUT2D eigenvalue weighted by Gasteiger charge is -2.56. The highest BCUT2D eigenvalue weighted by Gasteiger charge is 2.62. The van der Waals surface area contributed by atoms with Crippen LogP contribution in [0, 0.1) is 11.2 Å². The van der Waals surface area contributed by atoms with Crippen molar-refractivity contribution in [2.24, 2.45) is 5.41 Å². The van der Waals surface area contributed by atoms with Crippen molar-refractivity contribution in [3.63, 3.8) is 0 Å². The Bertz CT molecular complexity index is 1040. The molecule has 0 bridgehead atoms. The van der Waals surface area contributed by atoms with Crippen molar-refractivity contribution < 1.29 is 23.8 Å². The Morgan fingerprint density at radius 3 is 2.23 bits per heavy atom. The molecule has 0 saturated carbocycles. The molecule has 3 aromatic carbocycles. The van der Waals surface area contributed by atoms with Crippen molar-refractivity contribution in [1.29, 1.82) is 0 Å². The maximum Gasteiger partial charge on any atom is 0.238 e. The largest absolute Gasteiger partial charge is 0.497 e. The van der Waals surface area contributed by atoms with Gasteiger partial charge in [0.1, 0.15) is 35.4 Å². The normalized spacial score (nSPS) is 21.4. The van der Waals surface area contributed by atoms with Crippen molar-refractivity contribution in [1.82, 2.24) is 0 Å². The zero-order valence-corrected chi connectivity index (χ0v) is 17.4. The molecule has 1 N–H and O–H groups in total. The Morgan fingerprint density at radius 2 is 1.61 bits per heavy atom. The number of anilines is 1. The highest BCUT2D eigenvalue weighted by molar-refractivity contribution is 6.06. The first kappa shape index (κ1) is 20.9. The number of carbonyl (C=O) groups excluding carboxylic acids is 1. The first-order valence-electron chi connectivity index (χ1n) is 10.0. The predicted octanol–water partition coefficient (Wildman–Crippen LogP) is 4.37. The van der Waals surface area contributed by atoms with E-state index in [1.54, 1.807) is 18.9 Å². The van der Waals surface area contributed by atoms with Gasteiger partial charge in [0.05, 0.1) is 13.2 Å². The SMILES string of the molecule is COc1ccc([C@@H]2N(c3ccccc3)C(=O)[C@]2(C)[C@@H](O)COc2ccc(F)cc2)cc1. The van der Waals surface area contributed by atoms with Gasteiger partial charge in [0.2, 0.25) is 5.91 Å². The van der Waals surface area contributed by atoms with E-state index < -0.39 is 11.5 Å². The van der Waals surface area contributed by atoms with Crippen molar-refractivity contribution >= 4 is 11.6 Å². The molecular formula is C25H24FNO4. The summed E-state index contributed by atoms with van der Waals surface area (Å²) in [6.45, 7) is 1.66. The van der Waals surface area contributed by atoms with E-state index >= 15 is 0 Å². The number of methoxy groups -OCH3 is 1. The minimum atomic E-state index is -1.09. The maximum atomic E-state index is 13.3. The number of halogens is 1. The molecule has 1 aliphatic rings. The van der Waals surface area contributed by atoms with Gasteiger partial charge < -0.3 is 19.5 Å². The van der Waals surface area contributed by atoms with Crippen LogP contribution in [0.5, 0.6) is 11.5 Å². The van der Waals surface area contributed by atoms with E-state index in [-0.39, 0.29) is 24.4 Å². The van der Waals surface area contributed by atoms with Gasteiger partial charge >= 0.3 is 0 Å². The molecule has 3 aromatic rings. The van der Waals surface area contributed by atoms with E-state index in [9.17, 15) is 14.3 Å². The van der Waals surface area contributed by atoms with Crippen LogP contribution in [0.1, 0.15) is 18.5 Å².